The van der Waals surface area contributed by atoms with Crippen molar-refractivity contribution in [2.75, 3.05) is 19.8 Å². The molecule has 7 heteroatoms. The Morgan fingerprint density at radius 1 is 1.09 bits per heavy atom. The molecule has 3 rings (SSSR count). The molecule has 1 aliphatic rings. The molecule has 6 nitrogen and oxygen atoms in total. The first-order valence-corrected chi connectivity index (χ1v) is 12.0. The second-order valence-electron chi connectivity index (χ2n) is 7.95. The minimum Gasteiger partial charge on any atom is -0.486 e. The molecule has 0 unspecified atom stereocenters. The molecule has 1 atom stereocenters. The second-order valence-corrected chi connectivity index (χ2v) is 8.87. The summed E-state index contributed by atoms with van der Waals surface area (Å²) in [4.78, 5) is 27.6. The van der Waals surface area contributed by atoms with Gasteiger partial charge in [0.05, 0.1) is 0 Å². The molecule has 172 valence electrons. The number of carbonyl (C=O) groups is 2. The van der Waals surface area contributed by atoms with Crippen LogP contribution in [0.5, 0.6) is 11.5 Å². The van der Waals surface area contributed by atoms with Crippen LogP contribution in [0.4, 0.5) is 0 Å². The van der Waals surface area contributed by atoms with Gasteiger partial charge in [0.15, 0.2) is 11.5 Å². The van der Waals surface area contributed by atoms with Crippen LogP contribution in [0.25, 0.3) is 0 Å². The Bertz CT molecular complexity index is 934. The van der Waals surface area contributed by atoms with E-state index in [0.717, 1.165) is 39.9 Å². The molecular weight excluding hydrogens is 472 g/mol. The molecular formula is C25H31BrN2O4. The van der Waals surface area contributed by atoms with Crippen molar-refractivity contribution in [1.29, 1.82) is 0 Å². The molecule has 0 saturated heterocycles. The summed E-state index contributed by atoms with van der Waals surface area (Å²) in [5, 5.41) is 2.95. The van der Waals surface area contributed by atoms with Crippen molar-refractivity contribution < 1.29 is 19.1 Å². The molecule has 0 aromatic heterocycles. The minimum absolute atomic E-state index is 0.0574. The molecule has 32 heavy (non-hydrogen) atoms. The highest BCUT2D eigenvalue weighted by Crippen LogP contribution is 2.31. The number of nitrogens with one attached hydrogen (secondary N) is 1. The number of hydrogen-bond donors (Lipinski definition) is 1. The average molecular weight is 503 g/mol. The summed E-state index contributed by atoms with van der Waals surface area (Å²) >= 11 is 3.48. The molecule has 1 aliphatic heterocycles. The van der Waals surface area contributed by atoms with Gasteiger partial charge in [0.1, 0.15) is 19.3 Å². The molecule has 0 spiro atoms. The first-order chi connectivity index (χ1) is 15.5. The van der Waals surface area contributed by atoms with Crippen molar-refractivity contribution in [3.8, 4) is 11.5 Å². The highest BCUT2D eigenvalue weighted by molar-refractivity contribution is 9.10. The fraction of sp³-hybridized carbons (Fsp3) is 0.440. The molecule has 2 amide bonds. The van der Waals surface area contributed by atoms with Crippen LogP contribution in [0.15, 0.2) is 46.9 Å². The van der Waals surface area contributed by atoms with Gasteiger partial charge in [-0.25, -0.2) is 0 Å². The predicted octanol–water partition coefficient (Wildman–Crippen LogP) is 4.49. The highest BCUT2D eigenvalue weighted by atomic mass is 79.9. The lowest BCUT2D eigenvalue weighted by Gasteiger charge is -2.29. The first-order valence-electron chi connectivity index (χ1n) is 11.2. The van der Waals surface area contributed by atoms with E-state index in [1.54, 1.807) is 11.8 Å². The van der Waals surface area contributed by atoms with Crippen LogP contribution in [-0.4, -0.2) is 42.5 Å². The van der Waals surface area contributed by atoms with E-state index in [4.69, 9.17) is 9.47 Å². The Morgan fingerprint density at radius 3 is 2.62 bits per heavy atom. The van der Waals surface area contributed by atoms with Crippen molar-refractivity contribution in [2.24, 2.45) is 0 Å². The summed E-state index contributed by atoms with van der Waals surface area (Å²) in [5.41, 5.74) is 1.98. The van der Waals surface area contributed by atoms with Crippen LogP contribution in [0.3, 0.4) is 0 Å². The molecule has 1 heterocycles. The van der Waals surface area contributed by atoms with Gasteiger partial charge in [0, 0.05) is 24.0 Å². The smallest absolute Gasteiger partial charge is 0.242 e. The van der Waals surface area contributed by atoms with Crippen LogP contribution in [-0.2, 0) is 22.6 Å². The number of ether oxygens (including phenoxy) is 2. The van der Waals surface area contributed by atoms with Gasteiger partial charge in [0.2, 0.25) is 11.8 Å². The third-order valence-corrected chi connectivity index (χ3v) is 5.97. The molecule has 0 fully saturated rings. The number of benzene rings is 2. The lowest BCUT2D eigenvalue weighted by Crippen LogP contribution is -2.47. The third kappa shape index (κ3) is 6.73. The largest absolute Gasteiger partial charge is 0.486 e. The maximum Gasteiger partial charge on any atom is 0.242 e. The standard InChI is InChI=1S/C25H31BrN2O4/c1-3-4-12-27-25(30)18(2)28(17-20-6-5-7-21(26)15-20)24(29)11-9-19-8-10-22-23(16-19)32-14-13-31-22/h5-8,10,15-16,18H,3-4,9,11-14,17H2,1-2H3,(H,27,30)/t18-/m0/s1. The van der Waals surface area contributed by atoms with Crippen LogP contribution in [0.2, 0.25) is 0 Å². The van der Waals surface area contributed by atoms with Crippen LogP contribution in [0, 0.1) is 0 Å². The van der Waals surface area contributed by atoms with E-state index < -0.39 is 6.04 Å². The van der Waals surface area contributed by atoms with E-state index in [-0.39, 0.29) is 11.8 Å². The van der Waals surface area contributed by atoms with E-state index in [1.807, 2.05) is 42.5 Å². The Morgan fingerprint density at radius 2 is 1.88 bits per heavy atom. The van der Waals surface area contributed by atoms with Crippen molar-refractivity contribution in [3.05, 3.63) is 58.1 Å². The van der Waals surface area contributed by atoms with Crippen LogP contribution in [0.1, 0.15) is 44.2 Å². The zero-order valence-electron chi connectivity index (χ0n) is 18.7. The summed E-state index contributed by atoms with van der Waals surface area (Å²) in [5.74, 6) is 1.27. The number of halogens is 1. The summed E-state index contributed by atoms with van der Waals surface area (Å²) in [6, 6.07) is 13.0. The first kappa shape index (κ1) is 24.1. The Kier molecular flexibility index (Phi) is 8.97. The number of rotatable bonds is 10. The molecule has 0 saturated carbocycles. The lowest BCUT2D eigenvalue weighted by molar-refractivity contribution is -0.140. The number of fused-ring (bicyclic) bond motifs is 1. The zero-order valence-corrected chi connectivity index (χ0v) is 20.3. The van der Waals surface area contributed by atoms with E-state index >= 15 is 0 Å². The number of hydrogen-bond acceptors (Lipinski definition) is 4. The van der Waals surface area contributed by atoms with Gasteiger partial charge in [0.25, 0.3) is 0 Å². The number of aryl methyl sites for hydroxylation is 1. The van der Waals surface area contributed by atoms with Crippen molar-refractivity contribution in [1.82, 2.24) is 10.2 Å². The third-order valence-electron chi connectivity index (χ3n) is 5.47. The topological polar surface area (TPSA) is 67.9 Å². The summed E-state index contributed by atoms with van der Waals surface area (Å²) in [6.45, 7) is 5.95. The quantitative estimate of drug-likeness (QED) is 0.486. The SMILES string of the molecule is CCCCNC(=O)[C@H](C)N(Cc1cccc(Br)c1)C(=O)CCc1ccc2c(c1)OCCO2. The van der Waals surface area contributed by atoms with Gasteiger partial charge in [-0.3, -0.25) is 9.59 Å². The molecule has 0 bridgehead atoms. The van der Waals surface area contributed by atoms with Crippen molar-refractivity contribution in [2.45, 2.75) is 52.1 Å². The van der Waals surface area contributed by atoms with E-state index in [0.29, 0.717) is 39.1 Å². The van der Waals surface area contributed by atoms with E-state index in [2.05, 4.69) is 28.2 Å². The number of amides is 2. The maximum atomic E-state index is 13.2. The summed E-state index contributed by atoms with van der Waals surface area (Å²) in [6.07, 6.45) is 2.79. The second kappa shape index (κ2) is 11.9. The molecule has 2 aromatic rings. The van der Waals surface area contributed by atoms with E-state index in [1.165, 1.54) is 0 Å². The van der Waals surface area contributed by atoms with Gasteiger partial charge in [-0.15, -0.1) is 0 Å². The lowest BCUT2D eigenvalue weighted by atomic mass is 10.1. The van der Waals surface area contributed by atoms with Crippen LogP contribution >= 0.6 is 15.9 Å². The summed E-state index contributed by atoms with van der Waals surface area (Å²) in [7, 11) is 0. The molecule has 0 aliphatic carbocycles. The summed E-state index contributed by atoms with van der Waals surface area (Å²) < 4.78 is 12.2. The van der Waals surface area contributed by atoms with Gasteiger partial charge in [-0.2, -0.15) is 0 Å². The Labute approximate surface area is 198 Å². The molecule has 1 N–H and O–H groups in total. The Balaban J connectivity index is 1.69. The van der Waals surface area contributed by atoms with Gasteiger partial charge >= 0.3 is 0 Å². The molecule has 2 aromatic carbocycles. The van der Waals surface area contributed by atoms with Crippen molar-refractivity contribution >= 4 is 27.7 Å². The predicted molar refractivity (Wildman–Crippen MR) is 128 cm³/mol. The highest BCUT2D eigenvalue weighted by Gasteiger charge is 2.26. The number of carbonyl (C=O) groups excluding carboxylic acids is 2. The normalized spacial score (nSPS) is 13.3. The number of unbranched alkanes of at least 4 members (excludes halogenated alkanes) is 1. The number of nitrogens with zero attached hydrogens (tertiary/aromatic N) is 1. The fourth-order valence-electron chi connectivity index (χ4n) is 3.59. The maximum absolute atomic E-state index is 13.2. The Hall–Kier alpha value is -2.54. The zero-order chi connectivity index (χ0) is 22.9. The monoisotopic (exact) mass is 502 g/mol. The molecule has 0 radical (unpaired) electrons. The van der Waals surface area contributed by atoms with Gasteiger partial charge in [-0.1, -0.05) is 47.5 Å². The fourth-order valence-corrected chi connectivity index (χ4v) is 4.04. The average Bonchev–Trinajstić information content (AvgIpc) is 2.80. The van der Waals surface area contributed by atoms with Gasteiger partial charge < -0.3 is 19.7 Å². The van der Waals surface area contributed by atoms with Crippen molar-refractivity contribution in [3.63, 3.8) is 0 Å². The van der Waals surface area contributed by atoms with E-state index in [9.17, 15) is 9.59 Å². The van der Waals surface area contributed by atoms with Gasteiger partial charge in [-0.05, 0) is 55.2 Å². The minimum atomic E-state index is -0.557. The van der Waals surface area contributed by atoms with Crippen LogP contribution < -0.4 is 14.8 Å².